The Balaban J connectivity index is 1.54. The van der Waals surface area contributed by atoms with Gasteiger partial charge in [0.05, 0.1) is 28.0 Å². The van der Waals surface area contributed by atoms with Crippen molar-refractivity contribution in [1.29, 1.82) is 0 Å². The highest BCUT2D eigenvalue weighted by Crippen LogP contribution is 2.24. The van der Waals surface area contributed by atoms with E-state index < -0.39 is 10.0 Å². The van der Waals surface area contributed by atoms with Gasteiger partial charge in [-0.1, -0.05) is 42.5 Å². The molecule has 156 valence electrons. The smallest absolute Gasteiger partial charge is 0.264 e. The highest BCUT2D eigenvalue weighted by molar-refractivity contribution is 7.92. The van der Waals surface area contributed by atoms with Gasteiger partial charge in [0.1, 0.15) is 0 Å². The summed E-state index contributed by atoms with van der Waals surface area (Å²) in [5.74, 6) is -0.381. The van der Waals surface area contributed by atoms with Crippen LogP contribution in [0.4, 0.5) is 11.4 Å². The lowest BCUT2D eigenvalue weighted by Gasteiger charge is -2.19. The minimum absolute atomic E-state index is 0.0802. The summed E-state index contributed by atoms with van der Waals surface area (Å²) in [5, 5.41) is 6.95. The van der Waals surface area contributed by atoms with Crippen LogP contribution in [-0.2, 0) is 10.0 Å². The first-order valence-electron chi connectivity index (χ1n) is 9.51. The molecule has 0 aliphatic carbocycles. The summed E-state index contributed by atoms with van der Waals surface area (Å²) in [4.78, 5) is 12.7. The van der Waals surface area contributed by atoms with E-state index in [1.165, 1.54) is 29.7 Å². The summed E-state index contributed by atoms with van der Waals surface area (Å²) < 4.78 is 28.8. The first kappa shape index (κ1) is 20.4. The molecule has 31 heavy (non-hydrogen) atoms. The lowest BCUT2D eigenvalue weighted by molar-refractivity contribution is 0.102. The maximum Gasteiger partial charge on any atom is 0.264 e. The van der Waals surface area contributed by atoms with Gasteiger partial charge in [-0.2, -0.15) is 5.10 Å². The number of hydrogen-bond donors (Lipinski definition) is 1. The van der Waals surface area contributed by atoms with Gasteiger partial charge in [0.2, 0.25) is 0 Å². The molecule has 0 spiro atoms. The monoisotopic (exact) mass is 432 g/mol. The van der Waals surface area contributed by atoms with Crippen LogP contribution >= 0.6 is 0 Å². The van der Waals surface area contributed by atoms with Crippen LogP contribution in [0.15, 0.2) is 102 Å². The Bertz CT molecular complexity index is 1300. The highest BCUT2D eigenvalue weighted by atomic mass is 32.2. The van der Waals surface area contributed by atoms with E-state index in [0.717, 1.165) is 5.69 Å². The molecule has 1 heterocycles. The van der Waals surface area contributed by atoms with Gasteiger partial charge in [0.25, 0.3) is 15.9 Å². The van der Waals surface area contributed by atoms with Gasteiger partial charge in [-0.15, -0.1) is 0 Å². The molecule has 0 aliphatic rings. The van der Waals surface area contributed by atoms with E-state index in [-0.39, 0.29) is 10.8 Å². The van der Waals surface area contributed by atoms with Gasteiger partial charge < -0.3 is 5.32 Å². The summed E-state index contributed by atoms with van der Waals surface area (Å²) >= 11 is 0. The second-order valence-corrected chi connectivity index (χ2v) is 8.77. The zero-order valence-electron chi connectivity index (χ0n) is 16.7. The minimum atomic E-state index is -3.78. The normalized spacial score (nSPS) is 11.1. The minimum Gasteiger partial charge on any atom is -0.322 e. The van der Waals surface area contributed by atoms with E-state index in [1.54, 1.807) is 47.3 Å². The standard InChI is InChI=1S/C23H20N4O3S/c1-26(20-10-4-2-5-11-20)31(29,30)22-14-8-9-19(15-22)25-23(28)18-16-24-27(17-18)21-12-6-3-7-13-21/h2-17H,1H3,(H,25,28). The molecule has 0 saturated carbocycles. The Morgan fingerprint density at radius 3 is 2.32 bits per heavy atom. The topological polar surface area (TPSA) is 84.3 Å². The number of benzene rings is 3. The van der Waals surface area contributed by atoms with Crippen molar-refractivity contribution in [3.8, 4) is 5.69 Å². The summed E-state index contributed by atoms with van der Waals surface area (Å²) in [7, 11) is -2.29. The summed E-state index contributed by atoms with van der Waals surface area (Å²) in [6.45, 7) is 0. The number of nitrogens with one attached hydrogen (secondary N) is 1. The number of para-hydroxylation sites is 2. The average Bonchev–Trinajstić information content (AvgIpc) is 3.30. The van der Waals surface area contributed by atoms with Gasteiger partial charge in [-0.25, -0.2) is 13.1 Å². The van der Waals surface area contributed by atoms with Gasteiger partial charge in [0, 0.05) is 18.9 Å². The van der Waals surface area contributed by atoms with E-state index in [4.69, 9.17) is 0 Å². The Morgan fingerprint density at radius 1 is 0.935 bits per heavy atom. The van der Waals surface area contributed by atoms with E-state index in [0.29, 0.717) is 16.9 Å². The third-order valence-corrected chi connectivity index (χ3v) is 6.52. The lowest BCUT2D eigenvalue weighted by atomic mass is 10.3. The zero-order chi connectivity index (χ0) is 21.8. The largest absolute Gasteiger partial charge is 0.322 e. The number of sulfonamides is 1. The second kappa shape index (κ2) is 8.45. The van der Waals surface area contributed by atoms with Crippen LogP contribution in [0.5, 0.6) is 0 Å². The number of aromatic nitrogens is 2. The fourth-order valence-corrected chi connectivity index (χ4v) is 4.28. The Hall–Kier alpha value is -3.91. The van der Waals surface area contributed by atoms with Crippen molar-refractivity contribution >= 4 is 27.3 Å². The quantitative estimate of drug-likeness (QED) is 0.500. The zero-order valence-corrected chi connectivity index (χ0v) is 17.5. The highest BCUT2D eigenvalue weighted by Gasteiger charge is 2.22. The fourth-order valence-electron chi connectivity index (χ4n) is 3.03. The summed E-state index contributed by atoms with van der Waals surface area (Å²) in [6, 6.07) is 24.4. The molecule has 3 aromatic carbocycles. The lowest BCUT2D eigenvalue weighted by Crippen LogP contribution is -2.26. The maximum absolute atomic E-state index is 13.0. The van der Waals surface area contributed by atoms with Gasteiger partial charge in [-0.05, 0) is 42.5 Å². The molecule has 4 rings (SSSR count). The molecule has 0 saturated heterocycles. The van der Waals surface area contributed by atoms with Crippen molar-refractivity contribution < 1.29 is 13.2 Å². The molecule has 1 aromatic heterocycles. The fraction of sp³-hybridized carbons (Fsp3) is 0.0435. The van der Waals surface area contributed by atoms with Crippen molar-refractivity contribution in [2.75, 3.05) is 16.7 Å². The van der Waals surface area contributed by atoms with E-state index in [2.05, 4.69) is 10.4 Å². The van der Waals surface area contributed by atoms with Gasteiger partial charge in [0.15, 0.2) is 0 Å². The molecule has 0 unspecified atom stereocenters. The molecule has 7 nitrogen and oxygen atoms in total. The van der Waals surface area contributed by atoms with Crippen LogP contribution in [0.3, 0.4) is 0 Å². The molecule has 0 bridgehead atoms. The number of carbonyl (C=O) groups is 1. The Labute approximate surface area is 180 Å². The molecule has 4 aromatic rings. The Kier molecular flexibility index (Phi) is 5.55. The predicted molar refractivity (Wildman–Crippen MR) is 120 cm³/mol. The van der Waals surface area contributed by atoms with Crippen molar-refractivity contribution in [2.45, 2.75) is 4.90 Å². The van der Waals surface area contributed by atoms with E-state index >= 15 is 0 Å². The molecule has 1 N–H and O–H groups in total. The summed E-state index contributed by atoms with van der Waals surface area (Å²) in [6.07, 6.45) is 3.08. The van der Waals surface area contributed by atoms with Gasteiger partial charge in [-0.3, -0.25) is 9.10 Å². The molecule has 1 amide bonds. The third kappa shape index (κ3) is 4.34. The number of amides is 1. The number of carbonyl (C=O) groups excluding carboxylic acids is 1. The van der Waals surface area contributed by atoms with Gasteiger partial charge >= 0.3 is 0 Å². The summed E-state index contributed by atoms with van der Waals surface area (Å²) in [5.41, 5.74) is 2.11. The van der Waals surface area contributed by atoms with Crippen LogP contribution in [0.2, 0.25) is 0 Å². The Morgan fingerprint density at radius 2 is 1.61 bits per heavy atom. The second-order valence-electron chi connectivity index (χ2n) is 6.80. The van der Waals surface area contributed by atoms with Crippen molar-refractivity contribution in [3.05, 3.63) is 103 Å². The number of anilines is 2. The van der Waals surface area contributed by atoms with Crippen molar-refractivity contribution in [3.63, 3.8) is 0 Å². The maximum atomic E-state index is 13.0. The van der Waals surface area contributed by atoms with Crippen LogP contribution in [0, 0.1) is 0 Å². The third-order valence-electron chi connectivity index (χ3n) is 4.74. The number of nitrogens with zero attached hydrogens (tertiary/aromatic N) is 3. The first-order valence-corrected chi connectivity index (χ1v) is 10.9. The molecular formula is C23H20N4O3S. The van der Waals surface area contributed by atoms with Crippen LogP contribution < -0.4 is 9.62 Å². The molecule has 0 fully saturated rings. The van der Waals surface area contributed by atoms with E-state index in [9.17, 15) is 13.2 Å². The predicted octanol–water partition coefficient (Wildman–Crippen LogP) is 3.95. The van der Waals surface area contributed by atoms with Crippen LogP contribution in [0.25, 0.3) is 5.69 Å². The first-order chi connectivity index (χ1) is 14.9. The van der Waals surface area contributed by atoms with Crippen molar-refractivity contribution in [1.82, 2.24) is 9.78 Å². The van der Waals surface area contributed by atoms with Crippen LogP contribution in [0.1, 0.15) is 10.4 Å². The molecule has 0 atom stereocenters. The average molecular weight is 433 g/mol. The SMILES string of the molecule is CN(c1ccccc1)S(=O)(=O)c1cccc(NC(=O)c2cnn(-c3ccccc3)c2)c1. The number of rotatable bonds is 6. The molecule has 8 heteroatoms. The van der Waals surface area contributed by atoms with Crippen molar-refractivity contribution in [2.24, 2.45) is 0 Å². The molecule has 0 aliphatic heterocycles. The molecular weight excluding hydrogens is 412 g/mol. The van der Waals surface area contributed by atoms with Crippen LogP contribution in [-0.4, -0.2) is 31.2 Å². The molecule has 0 radical (unpaired) electrons. The number of hydrogen-bond acceptors (Lipinski definition) is 4. The van der Waals surface area contributed by atoms with E-state index in [1.807, 2.05) is 36.4 Å².